The average molecular weight is 363 g/mol. The second kappa shape index (κ2) is 21.1. The highest BCUT2D eigenvalue weighted by Crippen LogP contribution is 2.19. The second-order valence-electron chi connectivity index (χ2n) is 4.95. The molecular weight excluding hydrogens is 320 g/mol. The first-order valence-electron chi connectivity index (χ1n) is 9.81. The van der Waals surface area contributed by atoms with Crippen molar-refractivity contribution >= 4 is 0 Å². The summed E-state index contributed by atoms with van der Waals surface area (Å²) in [6.07, 6.45) is 0. The third-order valence-corrected chi connectivity index (χ3v) is 3.02. The summed E-state index contributed by atoms with van der Waals surface area (Å²) < 4.78 is 10.1. The largest absolute Gasteiger partial charge is 0.497 e. The first kappa shape index (κ1) is 28.8. The van der Waals surface area contributed by atoms with E-state index in [9.17, 15) is 0 Å². The zero-order chi connectivity index (χ0) is 21.0. The Hall–Kier alpha value is -1.96. The van der Waals surface area contributed by atoms with E-state index < -0.39 is 0 Å². The van der Waals surface area contributed by atoms with Gasteiger partial charge in [-0.2, -0.15) is 0 Å². The van der Waals surface area contributed by atoms with Crippen molar-refractivity contribution < 1.29 is 9.47 Å². The fourth-order valence-corrected chi connectivity index (χ4v) is 1.67. The Labute approximate surface area is 163 Å². The van der Waals surface area contributed by atoms with Crippen LogP contribution in [0.5, 0.6) is 11.5 Å². The highest BCUT2D eigenvalue weighted by atomic mass is 16.5. The average Bonchev–Trinajstić information content (AvgIpc) is 2.73. The van der Waals surface area contributed by atoms with Crippen LogP contribution in [0.1, 0.15) is 72.4 Å². The van der Waals surface area contributed by atoms with Gasteiger partial charge in [-0.1, -0.05) is 85.2 Å². The molecule has 2 aromatic rings. The third kappa shape index (κ3) is 14.4. The van der Waals surface area contributed by atoms with Gasteiger partial charge >= 0.3 is 0 Å². The van der Waals surface area contributed by atoms with E-state index in [-0.39, 0.29) is 0 Å². The standard InChI is InChI=1S/C10H14O.C8H10O.3C2H6/c1-8(2)9-5-4-6-10(7-9)11-3;1-7-3-5-8(9-2)6-4-7;3*1-2/h4-8H,1-3H3;3-6H,1-2H3;3*1-2H3. The van der Waals surface area contributed by atoms with Crippen LogP contribution in [0.3, 0.4) is 0 Å². The van der Waals surface area contributed by atoms with E-state index in [0.717, 1.165) is 11.5 Å². The summed E-state index contributed by atoms with van der Waals surface area (Å²) in [7, 11) is 3.37. The van der Waals surface area contributed by atoms with Crippen molar-refractivity contribution in [2.75, 3.05) is 14.2 Å². The van der Waals surface area contributed by atoms with Crippen molar-refractivity contribution in [3.05, 3.63) is 59.7 Å². The minimum Gasteiger partial charge on any atom is -0.497 e. The highest BCUT2D eigenvalue weighted by Gasteiger charge is 1.98. The lowest BCUT2D eigenvalue weighted by atomic mass is 10.0. The zero-order valence-electron chi connectivity index (χ0n) is 19.0. The SMILES string of the molecule is CC.CC.CC.COc1ccc(C)cc1.COc1cccc(C(C)C)c1. The van der Waals surface area contributed by atoms with Crippen molar-refractivity contribution in [2.45, 2.75) is 68.2 Å². The first-order valence-corrected chi connectivity index (χ1v) is 9.81. The Balaban J connectivity index is -0.000000319. The van der Waals surface area contributed by atoms with Crippen molar-refractivity contribution in [1.29, 1.82) is 0 Å². The normalized spacial score (nSPS) is 8.15. The van der Waals surface area contributed by atoms with Crippen LogP contribution in [-0.2, 0) is 0 Å². The van der Waals surface area contributed by atoms with Crippen molar-refractivity contribution in [1.82, 2.24) is 0 Å². The number of methoxy groups -OCH3 is 2. The highest BCUT2D eigenvalue weighted by molar-refractivity contribution is 5.30. The molecule has 0 fully saturated rings. The van der Waals surface area contributed by atoms with Gasteiger partial charge in [0, 0.05) is 0 Å². The molecule has 0 amide bonds. The molecule has 0 aromatic heterocycles. The Kier molecular flexibility index (Phi) is 23.4. The van der Waals surface area contributed by atoms with Gasteiger partial charge in [0.15, 0.2) is 0 Å². The number of benzene rings is 2. The third-order valence-electron chi connectivity index (χ3n) is 3.02. The quantitative estimate of drug-likeness (QED) is 0.552. The second-order valence-corrected chi connectivity index (χ2v) is 4.95. The fraction of sp³-hybridized carbons (Fsp3) is 0.500. The first-order chi connectivity index (χ1) is 12.6. The summed E-state index contributed by atoms with van der Waals surface area (Å²) in [5.74, 6) is 2.43. The summed E-state index contributed by atoms with van der Waals surface area (Å²) >= 11 is 0. The van der Waals surface area contributed by atoms with Crippen LogP contribution >= 0.6 is 0 Å². The Morgan fingerprint density at radius 3 is 1.50 bits per heavy atom. The van der Waals surface area contributed by atoms with E-state index in [2.05, 4.69) is 32.9 Å². The van der Waals surface area contributed by atoms with Gasteiger partial charge in [-0.05, 0) is 42.7 Å². The van der Waals surface area contributed by atoms with Crippen LogP contribution in [0.15, 0.2) is 48.5 Å². The molecule has 0 radical (unpaired) electrons. The lowest BCUT2D eigenvalue weighted by molar-refractivity contribution is 0.414. The van der Waals surface area contributed by atoms with Crippen LogP contribution in [0.4, 0.5) is 0 Å². The van der Waals surface area contributed by atoms with Gasteiger partial charge < -0.3 is 9.47 Å². The lowest BCUT2D eigenvalue weighted by Crippen LogP contribution is -1.88. The molecule has 26 heavy (non-hydrogen) atoms. The van der Waals surface area contributed by atoms with E-state index in [4.69, 9.17) is 9.47 Å². The smallest absolute Gasteiger partial charge is 0.119 e. The van der Waals surface area contributed by atoms with Crippen molar-refractivity contribution in [2.24, 2.45) is 0 Å². The Morgan fingerprint density at radius 1 is 0.654 bits per heavy atom. The predicted octanol–water partition coefficient (Wildman–Crippen LogP) is 7.90. The predicted molar refractivity (Wildman–Crippen MR) is 119 cm³/mol. The minimum absolute atomic E-state index is 0.574. The molecule has 0 heterocycles. The number of aryl methyl sites for hydroxylation is 1. The maximum atomic E-state index is 5.11. The number of rotatable bonds is 3. The molecule has 2 heteroatoms. The lowest BCUT2D eigenvalue weighted by Gasteiger charge is -2.06. The van der Waals surface area contributed by atoms with E-state index in [0.29, 0.717) is 5.92 Å². The molecule has 0 aliphatic rings. The Bertz CT molecular complexity index is 502. The van der Waals surface area contributed by atoms with Crippen LogP contribution in [-0.4, -0.2) is 14.2 Å². The molecule has 0 aliphatic carbocycles. The fourth-order valence-electron chi connectivity index (χ4n) is 1.67. The van der Waals surface area contributed by atoms with Gasteiger partial charge in [-0.3, -0.25) is 0 Å². The van der Waals surface area contributed by atoms with Crippen LogP contribution < -0.4 is 9.47 Å². The van der Waals surface area contributed by atoms with Crippen molar-refractivity contribution in [3.63, 3.8) is 0 Å². The van der Waals surface area contributed by atoms with Crippen LogP contribution in [0, 0.1) is 6.92 Å². The molecular formula is C24H42O2. The van der Waals surface area contributed by atoms with E-state index in [1.807, 2.05) is 77.9 Å². The topological polar surface area (TPSA) is 18.5 Å². The molecule has 0 bridgehead atoms. The molecule has 2 aromatic carbocycles. The molecule has 0 unspecified atom stereocenters. The van der Waals surface area contributed by atoms with Crippen LogP contribution in [0.25, 0.3) is 0 Å². The minimum atomic E-state index is 0.574. The van der Waals surface area contributed by atoms with Gasteiger partial charge in [0.1, 0.15) is 11.5 Å². The summed E-state index contributed by atoms with van der Waals surface area (Å²) in [5.41, 5.74) is 2.58. The molecule has 0 atom stereocenters. The number of hydrogen-bond donors (Lipinski definition) is 0. The number of hydrogen-bond acceptors (Lipinski definition) is 2. The summed E-state index contributed by atoms with van der Waals surface area (Å²) in [6.45, 7) is 18.4. The molecule has 150 valence electrons. The molecule has 0 saturated heterocycles. The maximum Gasteiger partial charge on any atom is 0.119 e. The van der Waals surface area contributed by atoms with Gasteiger partial charge in [0.05, 0.1) is 14.2 Å². The molecule has 0 saturated carbocycles. The summed E-state index contributed by atoms with van der Waals surface area (Å²) in [4.78, 5) is 0. The molecule has 2 nitrogen and oxygen atoms in total. The van der Waals surface area contributed by atoms with Gasteiger partial charge in [0.25, 0.3) is 0 Å². The van der Waals surface area contributed by atoms with E-state index >= 15 is 0 Å². The van der Waals surface area contributed by atoms with Gasteiger partial charge in [-0.15, -0.1) is 0 Å². The van der Waals surface area contributed by atoms with Crippen LogP contribution in [0.2, 0.25) is 0 Å². The molecule has 0 aliphatic heterocycles. The zero-order valence-corrected chi connectivity index (χ0v) is 19.0. The van der Waals surface area contributed by atoms with E-state index in [1.165, 1.54) is 11.1 Å². The summed E-state index contributed by atoms with van der Waals surface area (Å²) in [6, 6.07) is 16.1. The molecule has 0 spiro atoms. The maximum absolute atomic E-state index is 5.11. The van der Waals surface area contributed by atoms with Gasteiger partial charge in [0.2, 0.25) is 0 Å². The number of ether oxygens (including phenoxy) is 2. The molecule has 0 N–H and O–H groups in total. The van der Waals surface area contributed by atoms with Gasteiger partial charge in [-0.25, -0.2) is 0 Å². The molecule has 2 rings (SSSR count). The summed E-state index contributed by atoms with van der Waals surface area (Å²) in [5, 5.41) is 0. The Morgan fingerprint density at radius 2 is 1.12 bits per heavy atom. The van der Waals surface area contributed by atoms with Crippen molar-refractivity contribution in [3.8, 4) is 11.5 Å². The van der Waals surface area contributed by atoms with E-state index in [1.54, 1.807) is 14.2 Å². The monoisotopic (exact) mass is 362 g/mol.